The third-order valence-corrected chi connectivity index (χ3v) is 1.18. The van der Waals surface area contributed by atoms with Crippen molar-refractivity contribution in [2.24, 2.45) is 0 Å². The van der Waals surface area contributed by atoms with Crippen LogP contribution in [0.4, 0.5) is 0 Å². The normalized spacial score (nSPS) is 9.36. The zero-order valence-electron chi connectivity index (χ0n) is 8.07. The SMILES string of the molecule is Cc1noc(=O)[nH]1.Cc1noc(C)n1. The van der Waals surface area contributed by atoms with Gasteiger partial charge in [0, 0.05) is 6.92 Å². The van der Waals surface area contributed by atoms with Gasteiger partial charge in [-0.1, -0.05) is 10.3 Å². The van der Waals surface area contributed by atoms with E-state index in [1.807, 2.05) is 0 Å². The maximum atomic E-state index is 10.0. The second-order valence-electron chi connectivity index (χ2n) is 2.54. The van der Waals surface area contributed by atoms with Gasteiger partial charge in [-0.2, -0.15) is 4.98 Å². The summed E-state index contributed by atoms with van der Waals surface area (Å²) in [5.74, 6) is 1.32. The Bertz CT molecular complexity index is 425. The summed E-state index contributed by atoms with van der Waals surface area (Å²) < 4.78 is 8.71. The van der Waals surface area contributed by atoms with Crippen molar-refractivity contribution in [3.05, 3.63) is 28.1 Å². The topological polar surface area (TPSA) is 97.8 Å². The molecule has 0 saturated heterocycles. The van der Waals surface area contributed by atoms with Crippen LogP contribution < -0.4 is 5.76 Å². The van der Waals surface area contributed by atoms with E-state index in [2.05, 4.69) is 29.3 Å². The van der Waals surface area contributed by atoms with E-state index >= 15 is 0 Å². The molecule has 7 nitrogen and oxygen atoms in total. The molecular formula is C7H10N4O3. The van der Waals surface area contributed by atoms with E-state index in [-0.39, 0.29) is 0 Å². The maximum Gasteiger partial charge on any atom is 0.438 e. The van der Waals surface area contributed by atoms with Gasteiger partial charge in [0.15, 0.2) is 5.82 Å². The fourth-order valence-corrected chi connectivity index (χ4v) is 0.704. The second kappa shape index (κ2) is 4.35. The summed E-state index contributed by atoms with van der Waals surface area (Å²) in [6.45, 7) is 5.20. The van der Waals surface area contributed by atoms with Crippen molar-refractivity contribution in [1.29, 1.82) is 0 Å². The number of nitrogens with one attached hydrogen (secondary N) is 1. The van der Waals surface area contributed by atoms with Gasteiger partial charge in [0.2, 0.25) is 5.89 Å². The molecule has 0 radical (unpaired) electrons. The number of aryl methyl sites for hydroxylation is 3. The van der Waals surface area contributed by atoms with Gasteiger partial charge in [-0.3, -0.25) is 9.51 Å². The average molecular weight is 198 g/mol. The Balaban J connectivity index is 0.000000140. The van der Waals surface area contributed by atoms with Crippen LogP contribution in [0.1, 0.15) is 17.5 Å². The van der Waals surface area contributed by atoms with Crippen LogP contribution in [0.15, 0.2) is 13.8 Å². The molecule has 0 amide bonds. The van der Waals surface area contributed by atoms with Crippen LogP contribution in [0, 0.1) is 20.8 Å². The molecule has 1 N–H and O–H groups in total. The number of aromatic nitrogens is 4. The van der Waals surface area contributed by atoms with E-state index in [1.165, 1.54) is 0 Å². The Morgan fingerprint density at radius 1 is 1.14 bits per heavy atom. The highest BCUT2D eigenvalue weighted by molar-refractivity contribution is 4.77. The fourth-order valence-electron chi connectivity index (χ4n) is 0.704. The van der Waals surface area contributed by atoms with Crippen molar-refractivity contribution in [3.63, 3.8) is 0 Å². The lowest BCUT2D eigenvalue weighted by Crippen LogP contribution is -1.93. The van der Waals surface area contributed by atoms with Gasteiger partial charge >= 0.3 is 5.76 Å². The molecule has 0 spiro atoms. The highest BCUT2D eigenvalue weighted by atomic mass is 16.5. The lowest BCUT2D eigenvalue weighted by Gasteiger charge is -1.64. The Morgan fingerprint density at radius 3 is 2.00 bits per heavy atom. The molecule has 0 atom stereocenters. The highest BCUT2D eigenvalue weighted by Gasteiger charge is 1.90. The zero-order chi connectivity index (χ0) is 10.6. The summed E-state index contributed by atoms with van der Waals surface area (Å²) in [5.41, 5.74) is 0. The Kier molecular flexibility index (Phi) is 3.16. The van der Waals surface area contributed by atoms with Crippen LogP contribution in [0.2, 0.25) is 0 Å². The number of H-pyrrole nitrogens is 1. The summed E-state index contributed by atoms with van der Waals surface area (Å²) in [4.78, 5) is 16.1. The molecule has 2 aromatic rings. The van der Waals surface area contributed by atoms with Crippen molar-refractivity contribution in [1.82, 2.24) is 20.3 Å². The van der Waals surface area contributed by atoms with Crippen molar-refractivity contribution < 1.29 is 9.05 Å². The number of rotatable bonds is 0. The van der Waals surface area contributed by atoms with Gasteiger partial charge in [-0.05, 0) is 13.8 Å². The molecule has 7 heteroatoms. The standard InChI is InChI=1S/C4H6N2O.C3H4N2O2/c1-3-5-4(2)7-6-3;1-2-4-3(6)7-5-2/h1-2H3;1H3,(H,4,5,6). The van der Waals surface area contributed by atoms with Gasteiger partial charge in [-0.15, -0.1) is 0 Å². The van der Waals surface area contributed by atoms with E-state index in [0.29, 0.717) is 17.5 Å². The Labute approximate surface area is 79.1 Å². The van der Waals surface area contributed by atoms with Crippen molar-refractivity contribution in [2.45, 2.75) is 20.8 Å². The monoisotopic (exact) mass is 198 g/mol. The van der Waals surface area contributed by atoms with Crippen LogP contribution in [0.3, 0.4) is 0 Å². The predicted molar refractivity (Wildman–Crippen MR) is 45.6 cm³/mol. The number of nitrogens with zero attached hydrogens (tertiary/aromatic N) is 3. The molecule has 2 aromatic heterocycles. The van der Waals surface area contributed by atoms with Crippen LogP contribution in [0.25, 0.3) is 0 Å². The van der Waals surface area contributed by atoms with Crippen LogP contribution in [-0.2, 0) is 0 Å². The zero-order valence-corrected chi connectivity index (χ0v) is 8.07. The van der Waals surface area contributed by atoms with Gasteiger partial charge in [0.25, 0.3) is 0 Å². The van der Waals surface area contributed by atoms with E-state index in [9.17, 15) is 4.79 Å². The molecule has 0 fully saturated rings. The minimum absolute atomic E-state index is 0.502. The second-order valence-corrected chi connectivity index (χ2v) is 2.54. The Hall–Kier alpha value is -1.92. The molecular weight excluding hydrogens is 188 g/mol. The van der Waals surface area contributed by atoms with Crippen molar-refractivity contribution in [2.75, 3.05) is 0 Å². The van der Waals surface area contributed by atoms with E-state index < -0.39 is 5.76 Å². The largest absolute Gasteiger partial charge is 0.438 e. The molecule has 0 aliphatic heterocycles. The van der Waals surface area contributed by atoms with Gasteiger partial charge in [0.1, 0.15) is 5.82 Å². The van der Waals surface area contributed by atoms with Crippen molar-refractivity contribution >= 4 is 0 Å². The molecule has 76 valence electrons. The molecule has 0 unspecified atom stereocenters. The van der Waals surface area contributed by atoms with Gasteiger partial charge < -0.3 is 4.52 Å². The third kappa shape index (κ3) is 3.21. The summed E-state index contributed by atoms with van der Waals surface area (Å²) in [7, 11) is 0. The maximum absolute atomic E-state index is 10.0. The van der Waals surface area contributed by atoms with Crippen LogP contribution >= 0.6 is 0 Å². The molecule has 0 aliphatic rings. The summed E-state index contributed by atoms with van der Waals surface area (Å²) in [6, 6.07) is 0. The molecule has 0 saturated carbocycles. The molecule has 0 aliphatic carbocycles. The lowest BCUT2D eigenvalue weighted by molar-refractivity contribution is 0.383. The lowest BCUT2D eigenvalue weighted by atomic mass is 10.7. The smallest absolute Gasteiger partial charge is 0.340 e. The Morgan fingerprint density at radius 2 is 1.86 bits per heavy atom. The number of aromatic amines is 1. The number of hydrogen-bond donors (Lipinski definition) is 1. The summed E-state index contributed by atoms with van der Waals surface area (Å²) >= 11 is 0. The summed E-state index contributed by atoms with van der Waals surface area (Å²) in [5, 5.41) is 6.80. The predicted octanol–water partition coefficient (Wildman–Crippen LogP) is 0.358. The van der Waals surface area contributed by atoms with E-state index in [4.69, 9.17) is 0 Å². The number of hydrogen-bond acceptors (Lipinski definition) is 6. The minimum Gasteiger partial charge on any atom is -0.340 e. The summed E-state index contributed by atoms with van der Waals surface area (Å²) in [6.07, 6.45) is 0. The average Bonchev–Trinajstić information content (AvgIpc) is 2.63. The van der Waals surface area contributed by atoms with Gasteiger partial charge in [-0.25, -0.2) is 4.79 Å². The van der Waals surface area contributed by atoms with Crippen molar-refractivity contribution in [3.8, 4) is 0 Å². The first-order valence-corrected chi connectivity index (χ1v) is 3.87. The van der Waals surface area contributed by atoms with Crippen LogP contribution in [0.5, 0.6) is 0 Å². The molecule has 2 rings (SSSR count). The highest BCUT2D eigenvalue weighted by Crippen LogP contribution is 1.89. The third-order valence-electron chi connectivity index (χ3n) is 1.18. The first kappa shape index (κ1) is 10.2. The molecule has 0 aromatic carbocycles. The molecule has 14 heavy (non-hydrogen) atoms. The molecule has 2 heterocycles. The van der Waals surface area contributed by atoms with Crippen LogP contribution in [-0.4, -0.2) is 20.3 Å². The van der Waals surface area contributed by atoms with E-state index in [1.54, 1.807) is 20.8 Å². The van der Waals surface area contributed by atoms with Gasteiger partial charge in [0.05, 0.1) is 0 Å². The van der Waals surface area contributed by atoms with E-state index in [0.717, 1.165) is 0 Å². The fraction of sp³-hybridized carbons (Fsp3) is 0.429. The molecule has 0 bridgehead atoms. The quantitative estimate of drug-likeness (QED) is 0.656. The minimum atomic E-state index is -0.502. The first-order valence-electron chi connectivity index (χ1n) is 3.87. The first-order chi connectivity index (χ1) is 6.58.